The van der Waals surface area contributed by atoms with Gasteiger partial charge in [-0.15, -0.1) is 0 Å². The topological polar surface area (TPSA) is 111 Å². The maximum atomic E-state index is 13.0. The van der Waals surface area contributed by atoms with Gasteiger partial charge in [-0.25, -0.2) is 0 Å². The largest absolute Gasteiger partial charge is 0.416 e. The number of aryl methyl sites for hydroxylation is 1. The highest BCUT2D eigenvalue weighted by molar-refractivity contribution is 6.31. The fourth-order valence-corrected chi connectivity index (χ4v) is 4.19. The number of hydrogen-bond donors (Lipinski definition) is 5. The van der Waals surface area contributed by atoms with Crippen LogP contribution in [-0.4, -0.2) is 30.2 Å². The number of anilines is 2. The van der Waals surface area contributed by atoms with Crippen LogP contribution in [0.15, 0.2) is 42.5 Å². The highest BCUT2D eigenvalue weighted by Crippen LogP contribution is 2.32. The van der Waals surface area contributed by atoms with Crippen LogP contribution >= 0.6 is 11.6 Å². The third-order valence-electron chi connectivity index (χ3n) is 5.73. The molecule has 12 heteroatoms. The van der Waals surface area contributed by atoms with Crippen molar-refractivity contribution in [3.8, 4) is 0 Å². The highest BCUT2D eigenvalue weighted by Gasteiger charge is 2.48. The second kappa shape index (κ2) is 9.15. The molecule has 34 heavy (non-hydrogen) atoms. The quantitative estimate of drug-likeness (QED) is 0.448. The first kappa shape index (κ1) is 23.8. The third-order valence-corrected chi connectivity index (χ3v) is 6.13. The summed E-state index contributed by atoms with van der Waals surface area (Å²) in [5, 5.41) is 14.1. The monoisotopic (exact) mass is 495 g/mol. The lowest BCUT2D eigenvalue weighted by Crippen LogP contribution is -2.72. The maximum absolute atomic E-state index is 13.0. The van der Waals surface area contributed by atoms with E-state index >= 15 is 0 Å². The average Bonchev–Trinajstić information content (AvgIpc) is 2.75. The summed E-state index contributed by atoms with van der Waals surface area (Å²) in [5.74, 6) is -3.40. The smallest absolute Gasteiger partial charge is 0.353 e. The van der Waals surface area contributed by atoms with Crippen molar-refractivity contribution in [2.24, 2.45) is 11.8 Å². The number of halogens is 4. The molecular weight excluding hydrogens is 475 g/mol. The SMILES string of the molecule is Cc1ccc(NC(=O)C2CC(=O)NC3NC(Nc4cccc(C(F)(F)F)c4)NC(=O)C32)cc1Cl. The van der Waals surface area contributed by atoms with E-state index in [0.29, 0.717) is 10.7 Å². The van der Waals surface area contributed by atoms with Crippen LogP contribution in [0.2, 0.25) is 5.02 Å². The Bertz CT molecular complexity index is 1140. The van der Waals surface area contributed by atoms with Crippen molar-refractivity contribution in [1.29, 1.82) is 0 Å². The van der Waals surface area contributed by atoms with Gasteiger partial charge in [0.1, 0.15) is 0 Å². The molecule has 180 valence electrons. The second-order valence-corrected chi connectivity index (χ2v) is 8.57. The maximum Gasteiger partial charge on any atom is 0.416 e. The molecule has 0 spiro atoms. The molecule has 4 rings (SSSR count). The summed E-state index contributed by atoms with van der Waals surface area (Å²) in [6.45, 7) is 1.81. The van der Waals surface area contributed by atoms with Crippen LogP contribution in [0.5, 0.6) is 0 Å². The molecule has 2 saturated heterocycles. The van der Waals surface area contributed by atoms with Crippen LogP contribution in [0.25, 0.3) is 0 Å². The Labute approximate surface area is 197 Å². The van der Waals surface area contributed by atoms with Gasteiger partial charge < -0.3 is 21.3 Å². The Hall–Kier alpha value is -3.31. The van der Waals surface area contributed by atoms with E-state index < -0.39 is 53.8 Å². The first-order valence-corrected chi connectivity index (χ1v) is 10.8. The lowest BCUT2D eigenvalue weighted by atomic mass is 9.81. The normalized spacial score (nSPS) is 24.5. The number of hydrogen-bond acceptors (Lipinski definition) is 5. The number of piperidine rings is 1. The van der Waals surface area contributed by atoms with Gasteiger partial charge in [0.25, 0.3) is 0 Å². The highest BCUT2D eigenvalue weighted by atomic mass is 35.5. The molecule has 0 aromatic heterocycles. The number of alkyl halides is 3. The fraction of sp³-hybridized carbons (Fsp3) is 0.318. The fourth-order valence-electron chi connectivity index (χ4n) is 4.01. The number of carbonyl (C=O) groups is 3. The van der Waals surface area contributed by atoms with E-state index in [1.165, 1.54) is 12.1 Å². The van der Waals surface area contributed by atoms with Crippen LogP contribution in [0.4, 0.5) is 24.5 Å². The van der Waals surface area contributed by atoms with Gasteiger partial charge in [-0.1, -0.05) is 23.7 Å². The van der Waals surface area contributed by atoms with Gasteiger partial charge in [-0.05, 0) is 42.8 Å². The number of fused-ring (bicyclic) bond motifs is 1. The van der Waals surface area contributed by atoms with Gasteiger partial charge in [0, 0.05) is 22.8 Å². The first-order valence-electron chi connectivity index (χ1n) is 10.4. The molecule has 3 amide bonds. The van der Waals surface area contributed by atoms with Crippen molar-refractivity contribution in [3.05, 3.63) is 58.6 Å². The molecule has 5 N–H and O–H groups in total. The van der Waals surface area contributed by atoms with Crippen LogP contribution in [-0.2, 0) is 20.6 Å². The molecule has 0 radical (unpaired) electrons. The van der Waals surface area contributed by atoms with E-state index in [0.717, 1.165) is 17.7 Å². The molecule has 8 nitrogen and oxygen atoms in total. The first-order chi connectivity index (χ1) is 16.0. The Balaban J connectivity index is 1.48. The molecular formula is C22H21ClF3N5O3. The number of amides is 3. The molecule has 2 fully saturated rings. The Morgan fingerprint density at radius 2 is 1.85 bits per heavy atom. The number of carbonyl (C=O) groups excluding carboxylic acids is 3. The molecule has 2 aromatic rings. The van der Waals surface area contributed by atoms with Gasteiger partial charge in [-0.3, -0.25) is 19.7 Å². The molecule has 2 heterocycles. The molecule has 0 saturated carbocycles. The summed E-state index contributed by atoms with van der Waals surface area (Å²) < 4.78 is 39.0. The van der Waals surface area contributed by atoms with Gasteiger partial charge in [-0.2, -0.15) is 13.2 Å². The summed E-state index contributed by atoms with van der Waals surface area (Å²) in [6, 6.07) is 9.45. The number of nitrogens with one attached hydrogen (secondary N) is 5. The molecule has 0 aliphatic carbocycles. The lowest BCUT2D eigenvalue weighted by Gasteiger charge is -2.43. The van der Waals surface area contributed by atoms with Gasteiger partial charge in [0.2, 0.25) is 17.7 Å². The third kappa shape index (κ3) is 5.10. The Morgan fingerprint density at radius 1 is 1.09 bits per heavy atom. The van der Waals surface area contributed by atoms with Crippen LogP contribution in [0, 0.1) is 18.8 Å². The van der Waals surface area contributed by atoms with E-state index in [1.54, 1.807) is 18.2 Å². The molecule has 2 aliphatic rings. The molecule has 2 aromatic carbocycles. The Kier molecular flexibility index (Phi) is 6.41. The zero-order valence-electron chi connectivity index (χ0n) is 17.8. The minimum Gasteiger partial charge on any atom is -0.353 e. The number of rotatable bonds is 4. The average molecular weight is 496 g/mol. The zero-order valence-corrected chi connectivity index (χ0v) is 18.6. The summed E-state index contributed by atoms with van der Waals surface area (Å²) >= 11 is 6.10. The summed E-state index contributed by atoms with van der Waals surface area (Å²) in [6.07, 6.45) is -6.61. The Morgan fingerprint density at radius 3 is 2.56 bits per heavy atom. The van der Waals surface area contributed by atoms with E-state index in [4.69, 9.17) is 11.6 Å². The predicted octanol–water partition coefficient (Wildman–Crippen LogP) is 2.80. The molecule has 0 bridgehead atoms. The van der Waals surface area contributed by atoms with E-state index in [-0.39, 0.29) is 12.1 Å². The van der Waals surface area contributed by atoms with Crippen LogP contribution in [0.1, 0.15) is 17.5 Å². The molecule has 4 unspecified atom stereocenters. The van der Waals surface area contributed by atoms with E-state index in [2.05, 4.69) is 26.6 Å². The van der Waals surface area contributed by atoms with E-state index in [1.807, 2.05) is 6.92 Å². The molecule has 2 aliphatic heterocycles. The van der Waals surface area contributed by atoms with Crippen molar-refractivity contribution < 1.29 is 27.6 Å². The van der Waals surface area contributed by atoms with Crippen molar-refractivity contribution in [2.75, 3.05) is 10.6 Å². The van der Waals surface area contributed by atoms with Crippen LogP contribution < -0.4 is 26.6 Å². The summed E-state index contributed by atoms with van der Waals surface area (Å²) in [7, 11) is 0. The van der Waals surface area contributed by atoms with Crippen molar-refractivity contribution in [1.82, 2.24) is 16.0 Å². The lowest BCUT2D eigenvalue weighted by molar-refractivity contribution is -0.144. The zero-order chi connectivity index (χ0) is 24.6. The summed E-state index contributed by atoms with van der Waals surface area (Å²) in [4.78, 5) is 38.1. The van der Waals surface area contributed by atoms with Gasteiger partial charge >= 0.3 is 6.18 Å². The number of benzene rings is 2. The van der Waals surface area contributed by atoms with Crippen molar-refractivity contribution in [3.63, 3.8) is 0 Å². The van der Waals surface area contributed by atoms with E-state index in [9.17, 15) is 27.6 Å². The van der Waals surface area contributed by atoms with Gasteiger partial charge in [0.05, 0.1) is 23.6 Å². The standard InChI is InChI=1S/C22H21ClF3N5O3/c1-10-5-6-13(8-15(10)23)27-19(33)14-9-16(32)29-18-17(14)20(34)31-21(30-18)28-12-4-2-3-11(7-12)22(24,25)26/h2-8,14,17-18,21,28,30H,9H2,1H3,(H,27,33)(H,29,32)(H,31,34). The van der Waals surface area contributed by atoms with Crippen LogP contribution in [0.3, 0.4) is 0 Å². The minimum absolute atomic E-state index is 0.110. The minimum atomic E-state index is -4.52. The van der Waals surface area contributed by atoms with Crippen molar-refractivity contribution >= 4 is 40.7 Å². The second-order valence-electron chi connectivity index (χ2n) is 8.17. The van der Waals surface area contributed by atoms with Crippen molar-refractivity contribution in [2.45, 2.75) is 32.0 Å². The summed E-state index contributed by atoms with van der Waals surface area (Å²) in [5.41, 5.74) is 0.513. The van der Waals surface area contributed by atoms with Gasteiger partial charge in [0.15, 0.2) is 6.29 Å². The predicted molar refractivity (Wildman–Crippen MR) is 118 cm³/mol. The molecule has 4 atom stereocenters.